The van der Waals surface area contributed by atoms with E-state index in [9.17, 15) is 19.2 Å². The topological polar surface area (TPSA) is 206 Å². The van der Waals surface area contributed by atoms with Crippen LogP contribution < -0.4 is 32.3 Å². The number of hydrogen-bond acceptors (Lipinski definition) is 15. The molecule has 0 amide bonds. The van der Waals surface area contributed by atoms with Crippen molar-refractivity contribution in [1.82, 2.24) is 82.0 Å². The van der Waals surface area contributed by atoms with Crippen LogP contribution in [0.4, 0.5) is 5.69 Å². The molecule has 4 saturated heterocycles. The third-order valence-electron chi connectivity index (χ3n) is 24.0. The van der Waals surface area contributed by atoms with E-state index in [1.54, 1.807) is 67.1 Å². The van der Waals surface area contributed by atoms with Gasteiger partial charge in [-0.25, -0.2) is 0 Å². The van der Waals surface area contributed by atoms with Gasteiger partial charge in [0.2, 0.25) is 0 Å². The number of likely N-dealkylation sites (tertiary alicyclic amines) is 4. The van der Waals surface area contributed by atoms with Crippen molar-refractivity contribution < 1.29 is 4.74 Å². The molecule has 9 aromatic heterocycles. The molecule has 0 bridgehead atoms. The molecule has 0 spiro atoms. The SMILES string of the molecule is O=c1cc(/C=C/c2ccccc2)ccn1-c1ccc2c(cnn2CCN2CCCC2)c1.O=c1cc(CCc2ccccc2)ccn1-c1ccc2c(cnn2CCN2CCCC2)c1.O=c1cc(NCc2ccccc2)ccn1-c1ccc2c(cnn2CCN2CCCC2)c1.O=c1cc(OCc2ccc(Cl)cn2)ccn1-c1ccc2c(cnn2CCN2CCCC2)c1. The van der Waals surface area contributed by atoms with E-state index >= 15 is 0 Å². The Bertz CT molecular complexity index is 6370. The third-order valence-corrected chi connectivity index (χ3v) is 24.2. The number of anilines is 1. The highest BCUT2D eigenvalue weighted by Crippen LogP contribution is 2.26. The summed E-state index contributed by atoms with van der Waals surface area (Å²) in [5.74, 6) is 0.499. The maximum absolute atomic E-state index is 12.8. The fourth-order valence-corrected chi connectivity index (χ4v) is 17.1. The van der Waals surface area contributed by atoms with Crippen LogP contribution in [0.5, 0.6) is 5.75 Å². The molecule has 1 N–H and O–H groups in total. The molecule has 23 nitrogen and oxygen atoms in total. The quantitative estimate of drug-likeness (QED) is 0.0508. The number of aryl methyl sites for hydroxylation is 2. The highest BCUT2D eigenvalue weighted by atomic mass is 35.5. The molecular formula is C101H105ClN18O5. The number of hydrogen-bond donors (Lipinski definition) is 1. The number of nitrogens with one attached hydrogen (secondary N) is 1. The van der Waals surface area contributed by atoms with Crippen molar-refractivity contribution in [2.45, 2.75) is 104 Å². The van der Waals surface area contributed by atoms with Crippen molar-refractivity contribution in [3.8, 4) is 28.5 Å². The van der Waals surface area contributed by atoms with Gasteiger partial charge in [-0.05, 0) is 254 Å². The van der Waals surface area contributed by atoms with Crippen LogP contribution in [0, 0.1) is 0 Å². The van der Waals surface area contributed by atoms with Crippen LogP contribution in [0.25, 0.3) is 78.5 Å². The molecule has 0 unspecified atom stereocenters. The molecule has 7 aromatic carbocycles. The average Bonchev–Trinajstić information content (AvgIpc) is 1.70. The second kappa shape index (κ2) is 40.9. The zero-order valence-electron chi connectivity index (χ0n) is 70.5. The molecule has 4 aliphatic rings. The van der Waals surface area contributed by atoms with Gasteiger partial charge in [-0.2, -0.15) is 20.4 Å². The lowest BCUT2D eigenvalue weighted by molar-refractivity contribution is 0.300. The van der Waals surface area contributed by atoms with E-state index in [0.717, 1.165) is 160 Å². The van der Waals surface area contributed by atoms with Crippen molar-refractivity contribution in [1.29, 1.82) is 0 Å². The molecule has 4 aliphatic heterocycles. The minimum atomic E-state index is -0.160. The maximum atomic E-state index is 12.8. The molecule has 24 heteroatoms. The Morgan fingerprint density at radius 1 is 0.336 bits per heavy atom. The lowest BCUT2D eigenvalue weighted by atomic mass is 10.1. The zero-order valence-corrected chi connectivity index (χ0v) is 71.3. The Hall–Kier alpha value is -13.2. The zero-order chi connectivity index (χ0) is 85.1. The van der Waals surface area contributed by atoms with Crippen LogP contribution in [-0.4, -0.2) is 161 Å². The fraction of sp³-hybridized carbons (Fsp3) is 0.277. The minimum Gasteiger partial charge on any atom is -0.487 e. The number of ether oxygens (including phenoxy) is 1. The number of pyridine rings is 5. The third kappa shape index (κ3) is 21.9. The molecule has 0 saturated carbocycles. The van der Waals surface area contributed by atoms with Gasteiger partial charge in [0.05, 0.1) is 83.7 Å². The molecule has 20 rings (SSSR count). The summed E-state index contributed by atoms with van der Waals surface area (Å²) in [6.07, 6.45) is 32.6. The van der Waals surface area contributed by atoms with Crippen LogP contribution in [-0.2, 0) is 52.2 Å². The fourth-order valence-electron chi connectivity index (χ4n) is 17.0. The first-order valence-electron chi connectivity index (χ1n) is 43.9. The molecule has 0 aliphatic carbocycles. The largest absolute Gasteiger partial charge is 0.487 e. The van der Waals surface area contributed by atoms with Crippen molar-refractivity contribution >= 4 is 73.1 Å². The van der Waals surface area contributed by atoms with Gasteiger partial charge in [0.25, 0.3) is 22.2 Å². The standard InChI is InChI=1S/C26H28N4O.C26H26N4O.C25H27N5O.C24H24ClN5O2/c2*31-26-18-22(9-8-21-6-2-1-3-7-21)12-15-29(26)24-10-11-25-23(19-24)20-27-30(25)17-16-28-13-4-5-14-28;31-25-17-22(26-18-20-6-2-1-3-7-20)10-13-29(25)23-8-9-24-21(16-23)19-27-30(24)15-14-28-11-4-5-12-28;25-19-3-4-20(26-16-19)17-32-22-7-10-29(24(31)14-22)21-5-6-23-18(13-21)15-27-30(23)12-11-28-8-1-2-9-28/h1-3,6-7,10-12,15,18-20H,4-5,8-9,13-14,16-17H2;1-3,6-12,15,18-20H,4-5,13-14,16-17H2;1-3,6-10,13,16-17,19,26H,4-5,11-12,14-15,18H2;3-7,10,13-16H,1-2,8-9,11-12,17H2/b;9-8+;;. The second-order valence-electron chi connectivity index (χ2n) is 32.6. The number of benzene rings is 7. The van der Waals surface area contributed by atoms with Crippen LogP contribution in [0.1, 0.15) is 84.9 Å². The summed E-state index contributed by atoms with van der Waals surface area (Å²) in [6, 6.07) is 72.8. The molecule has 636 valence electrons. The summed E-state index contributed by atoms with van der Waals surface area (Å²) < 4.78 is 20.6. The lowest BCUT2D eigenvalue weighted by Crippen LogP contribution is -2.24. The van der Waals surface area contributed by atoms with Crippen LogP contribution in [0.15, 0.2) is 299 Å². The predicted molar refractivity (Wildman–Crippen MR) is 501 cm³/mol. The molecule has 16 aromatic rings. The number of rotatable bonds is 27. The van der Waals surface area contributed by atoms with Gasteiger partial charge in [0.1, 0.15) is 12.4 Å². The van der Waals surface area contributed by atoms with Gasteiger partial charge < -0.3 is 29.7 Å². The van der Waals surface area contributed by atoms with E-state index in [2.05, 4.69) is 125 Å². The predicted octanol–water partition coefficient (Wildman–Crippen LogP) is 16.3. The summed E-state index contributed by atoms with van der Waals surface area (Å²) >= 11 is 5.85. The van der Waals surface area contributed by atoms with Gasteiger partial charge in [-0.15, -0.1) is 0 Å². The highest BCUT2D eigenvalue weighted by Gasteiger charge is 2.19. The van der Waals surface area contributed by atoms with Crippen LogP contribution in [0.2, 0.25) is 5.02 Å². The first-order chi connectivity index (χ1) is 61.4. The molecule has 13 heterocycles. The summed E-state index contributed by atoms with van der Waals surface area (Å²) in [5.41, 5.74) is 14.7. The van der Waals surface area contributed by atoms with Gasteiger partial charge in [-0.3, -0.25) is 61.2 Å². The lowest BCUT2D eigenvalue weighted by Gasteiger charge is -2.14. The summed E-state index contributed by atoms with van der Waals surface area (Å²) in [4.78, 5) is 65.1. The van der Waals surface area contributed by atoms with E-state index in [0.29, 0.717) is 17.3 Å². The monoisotopic (exact) mass is 1680 g/mol. The second-order valence-corrected chi connectivity index (χ2v) is 33.0. The van der Waals surface area contributed by atoms with E-state index in [-0.39, 0.29) is 28.8 Å². The Kier molecular flexibility index (Phi) is 27.5. The van der Waals surface area contributed by atoms with Gasteiger partial charge in [0.15, 0.2) is 0 Å². The van der Waals surface area contributed by atoms with Gasteiger partial charge in [-0.1, -0.05) is 115 Å². The van der Waals surface area contributed by atoms with Gasteiger partial charge in [0, 0.05) is 138 Å². The van der Waals surface area contributed by atoms with Crippen molar-refractivity contribution in [3.63, 3.8) is 0 Å². The molecule has 4 fully saturated rings. The minimum absolute atomic E-state index is 0.00587. The summed E-state index contributed by atoms with van der Waals surface area (Å²) in [5, 5.41) is 26.4. The van der Waals surface area contributed by atoms with E-state index in [4.69, 9.17) is 16.3 Å². The normalized spacial score (nSPS) is 14.4. The Morgan fingerprint density at radius 3 is 1.14 bits per heavy atom. The van der Waals surface area contributed by atoms with Crippen LogP contribution >= 0.6 is 11.6 Å². The van der Waals surface area contributed by atoms with Crippen molar-refractivity contribution in [2.75, 3.05) is 83.9 Å². The molecule has 0 radical (unpaired) electrons. The first kappa shape index (κ1) is 84.1. The highest BCUT2D eigenvalue weighted by molar-refractivity contribution is 6.30. The van der Waals surface area contributed by atoms with E-state index in [1.807, 2.05) is 182 Å². The Morgan fingerprint density at radius 2 is 0.720 bits per heavy atom. The van der Waals surface area contributed by atoms with Crippen LogP contribution in [0.3, 0.4) is 0 Å². The number of halogens is 1. The molecule has 125 heavy (non-hydrogen) atoms. The number of fused-ring (bicyclic) bond motifs is 4. The number of aromatic nitrogens is 13. The first-order valence-corrected chi connectivity index (χ1v) is 44.2. The maximum Gasteiger partial charge on any atom is 0.258 e. The summed E-state index contributed by atoms with van der Waals surface area (Å²) in [7, 11) is 0. The van der Waals surface area contributed by atoms with Crippen molar-refractivity contribution in [3.05, 3.63) is 360 Å². The van der Waals surface area contributed by atoms with Crippen molar-refractivity contribution in [2.24, 2.45) is 0 Å². The smallest absolute Gasteiger partial charge is 0.258 e. The number of nitrogens with zero attached hydrogens (tertiary/aromatic N) is 17. The van der Waals surface area contributed by atoms with E-state index in [1.165, 1.54) is 121 Å². The average molecular weight is 1690 g/mol. The Labute approximate surface area is 731 Å². The van der Waals surface area contributed by atoms with E-state index < -0.39 is 0 Å². The summed E-state index contributed by atoms with van der Waals surface area (Å²) in [6.45, 7) is 18.2. The molecular weight excluding hydrogens is 1580 g/mol. The Balaban J connectivity index is 0.000000118. The molecule has 0 atom stereocenters. The van der Waals surface area contributed by atoms with Gasteiger partial charge >= 0.3 is 0 Å².